The first-order valence-electron chi connectivity index (χ1n) is 12.0. The van der Waals surface area contributed by atoms with Gasteiger partial charge in [-0.05, 0) is 17.5 Å². The number of nitrogens with one attached hydrogen (secondary N) is 1. The summed E-state index contributed by atoms with van der Waals surface area (Å²) in [6, 6.07) is 14.0. The molecule has 2 aromatic rings. The average molecular weight is 534 g/mol. The zero-order chi connectivity index (χ0) is 27.9. The van der Waals surface area contributed by atoms with Gasteiger partial charge in [0.15, 0.2) is 6.10 Å². The van der Waals surface area contributed by atoms with E-state index in [2.05, 4.69) is 5.32 Å². The van der Waals surface area contributed by atoms with Gasteiger partial charge < -0.3 is 20.1 Å². The minimum Gasteiger partial charge on any atom is -0.385 e. The second-order valence-electron chi connectivity index (χ2n) is 8.88. The summed E-state index contributed by atoms with van der Waals surface area (Å²) >= 11 is 0. The standard InChI is InChI=1S/C27H30F3N3O5/c1-18(34)32-16-23(20-11-7-4-8-12-20)33(26(37)22(32)13-14-38-2)17-24(35)31-21(25(36)27(28,29)30)15-19-9-5-3-6-10-19/h3-12,16,21-22,25,36H,13-15,17H2,1-2H3,(H,31,35). The number of amides is 3. The molecule has 0 bridgehead atoms. The van der Waals surface area contributed by atoms with E-state index in [4.69, 9.17) is 4.74 Å². The van der Waals surface area contributed by atoms with Gasteiger partial charge in [0.25, 0.3) is 5.91 Å². The number of alkyl halides is 3. The second kappa shape index (κ2) is 12.7. The van der Waals surface area contributed by atoms with Crippen LogP contribution < -0.4 is 5.32 Å². The molecule has 2 N–H and O–H groups in total. The van der Waals surface area contributed by atoms with Crippen LogP contribution in [0.1, 0.15) is 24.5 Å². The highest BCUT2D eigenvalue weighted by Gasteiger charge is 2.45. The fourth-order valence-corrected chi connectivity index (χ4v) is 4.25. The van der Waals surface area contributed by atoms with Crippen LogP contribution in [-0.2, 0) is 25.5 Å². The van der Waals surface area contributed by atoms with Gasteiger partial charge in [0.1, 0.15) is 12.6 Å². The van der Waals surface area contributed by atoms with Crippen molar-refractivity contribution in [3.8, 4) is 0 Å². The SMILES string of the molecule is COCCC1C(=O)N(CC(=O)NC(Cc2ccccc2)C(O)C(F)(F)F)C(c2ccccc2)=CN1C(C)=O. The predicted molar refractivity (Wildman–Crippen MR) is 133 cm³/mol. The van der Waals surface area contributed by atoms with Crippen molar-refractivity contribution in [1.82, 2.24) is 15.1 Å². The lowest BCUT2D eigenvalue weighted by atomic mass is 10.0. The number of hydrogen-bond acceptors (Lipinski definition) is 5. The van der Waals surface area contributed by atoms with Crippen LogP contribution >= 0.6 is 0 Å². The average Bonchev–Trinajstić information content (AvgIpc) is 2.88. The molecular weight excluding hydrogens is 503 g/mol. The number of carbonyl (C=O) groups excluding carboxylic acids is 3. The van der Waals surface area contributed by atoms with Gasteiger partial charge in [0, 0.05) is 33.3 Å². The first kappa shape index (κ1) is 28.9. The fraction of sp³-hybridized carbons (Fsp3) is 0.370. The van der Waals surface area contributed by atoms with Crippen molar-refractivity contribution in [2.24, 2.45) is 0 Å². The van der Waals surface area contributed by atoms with Crippen LogP contribution in [0.5, 0.6) is 0 Å². The Labute approximate surface area is 218 Å². The highest BCUT2D eigenvalue weighted by atomic mass is 19.4. The molecule has 0 saturated carbocycles. The predicted octanol–water partition coefficient (Wildman–Crippen LogP) is 2.73. The normalized spacial score (nSPS) is 17.6. The molecule has 1 aliphatic rings. The summed E-state index contributed by atoms with van der Waals surface area (Å²) in [5.74, 6) is -1.87. The van der Waals surface area contributed by atoms with E-state index in [0.29, 0.717) is 11.1 Å². The van der Waals surface area contributed by atoms with Crippen molar-refractivity contribution >= 4 is 23.4 Å². The summed E-state index contributed by atoms with van der Waals surface area (Å²) in [6.07, 6.45) is -6.48. The third-order valence-corrected chi connectivity index (χ3v) is 6.13. The molecular formula is C27H30F3N3O5. The third kappa shape index (κ3) is 7.20. The minimum atomic E-state index is -4.98. The number of carbonyl (C=O) groups is 3. The molecule has 3 atom stereocenters. The molecule has 2 aromatic carbocycles. The van der Waals surface area contributed by atoms with Crippen molar-refractivity contribution < 1.29 is 37.4 Å². The zero-order valence-corrected chi connectivity index (χ0v) is 21.0. The smallest absolute Gasteiger partial charge is 0.385 e. The molecule has 0 aromatic heterocycles. The van der Waals surface area contributed by atoms with Crippen LogP contribution in [0.4, 0.5) is 13.2 Å². The molecule has 0 radical (unpaired) electrons. The fourth-order valence-electron chi connectivity index (χ4n) is 4.25. The van der Waals surface area contributed by atoms with E-state index in [9.17, 15) is 32.7 Å². The van der Waals surface area contributed by atoms with Crippen molar-refractivity contribution in [2.75, 3.05) is 20.3 Å². The van der Waals surface area contributed by atoms with Crippen LogP contribution in [0.3, 0.4) is 0 Å². The summed E-state index contributed by atoms with van der Waals surface area (Å²) in [5, 5.41) is 12.3. The lowest BCUT2D eigenvalue weighted by Gasteiger charge is -2.39. The van der Waals surface area contributed by atoms with Crippen LogP contribution in [0.2, 0.25) is 0 Å². The zero-order valence-electron chi connectivity index (χ0n) is 21.0. The maximum atomic E-state index is 13.6. The van der Waals surface area contributed by atoms with E-state index >= 15 is 0 Å². The van der Waals surface area contributed by atoms with Crippen molar-refractivity contribution in [2.45, 2.75) is 44.1 Å². The summed E-state index contributed by atoms with van der Waals surface area (Å²) in [4.78, 5) is 41.4. The van der Waals surface area contributed by atoms with Gasteiger partial charge in [0.2, 0.25) is 11.8 Å². The van der Waals surface area contributed by atoms with Crippen LogP contribution in [-0.4, -0.2) is 77.3 Å². The summed E-state index contributed by atoms with van der Waals surface area (Å²) in [7, 11) is 1.45. The quantitative estimate of drug-likeness (QED) is 0.490. The summed E-state index contributed by atoms with van der Waals surface area (Å²) in [6.45, 7) is 0.845. The van der Waals surface area contributed by atoms with E-state index in [-0.39, 0.29) is 25.1 Å². The number of ether oxygens (including phenoxy) is 1. The molecule has 0 aliphatic carbocycles. The molecule has 38 heavy (non-hydrogen) atoms. The van der Waals surface area contributed by atoms with Crippen LogP contribution in [0.15, 0.2) is 66.9 Å². The molecule has 8 nitrogen and oxygen atoms in total. The third-order valence-electron chi connectivity index (χ3n) is 6.13. The largest absolute Gasteiger partial charge is 0.416 e. The van der Waals surface area contributed by atoms with Gasteiger partial charge in [-0.3, -0.25) is 19.3 Å². The maximum absolute atomic E-state index is 13.6. The number of nitrogens with zero attached hydrogens (tertiary/aromatic N) is 2. The highest BCUT2D eigenvalue weighted by Crippen LogP contribution is 2.29. The minimum absolute atomic E-state index is 0.148. The van der Waals surface area contributed by atoms with Gasteiger partial charge in [-0.1, -0.05) is 60.7 Å². The Kier molecular flexibility index (Phi) is 9.65. The van der Waals surface area contributed by atoms with E-state index in [1.54, 1.807) is 60.7 Å². The molecule has 3 rings (SSSR count). The van der Waals surface area contributed by atoms with E-state index < -0.39 is 48.6 Å². The number of rotatable bonds is 10. The molecule has 0 fully saturated rings. The number of hydrogen-bond donors (Lipinski definition) is 2. The molecule has 11 heteroatoms. The van der Waals surface area contributed by atoms with E-state index in [0.717, 1.165) is 4.90 Å². The Morgan fingerprint density at radius 3 is 2.24 bits per heavy atom. The van der Waals surface area contributed by atoms with E-state index in [1.807, 2.05) is 0 Å². The molecule has 1 aliphatic heterocycles. The number of aliphatic hydroxyl groups is 1. The first-order chi connectivity index (χ1) is 18.0. The Morgan fingerprint density at radius 1 is 1.08 bits per heavy atom. The molecule has 0 saturated heterocycles. The number of aliphatic hydroxyl groups excluding tert-OH is 1. The lowest BCUT2D eigenvalue weighted by Crippen LogP contribution is -2.56. The Morgan fingerprint density at radius 2 is 1.68 bits per heavy atom. The maximum Gasteiger partial charge on any atom is 0.416 e. The topological polar surface area (TPSA) is 99.2 Å². The molecule has 0 spiro atoms. The summed E-state index contributed by atoms with van der Waals surface area (Å²) in [5.41, 5.74) is 1.25. The Hall–Kier alpha value is -3.70. The van der Waals surface area contributed by atoms with Crippen molar-refractivity contribution in [3.05, 3.63) is 78.0 Å². The molecule has 204 valence electrons. The molecule has 3 amide bonds. The van der Waals surface area contributed by atoms with Gasteiger partial charge in [0.05, 0.1) is 11.7 Å². The van der Waals surface area contributed by atoms with Gasteiger partial charge in [-0.15, -0.1) is 0 Å². The number of methoxy groups -OCH3 is 1. The van der Waals surface area contributed by atoms with Gasteiger partial charge in [-0.25, -0.2) is 0 Å². The van der Waals surface area contributed by atoms with Crippen molar-refractivity contribution in [1.29, 1.82) is 0 Å². The Bertz CT molecular complexity index is 1140. The van der Waals surface area contributed by atoms with Crippen LogP contribution in [0.25, 0.3) is 5.70 Å². The van der Waals surface area contributed by atoms with Crippen LogP contribution in [0, 0.1) is 0 Å². The molecule has 3 unspecified atom stereocenters. The van der Waals surface area contributed by atoms with Crippen molar-refractivity contribution in [3.63, 3.8) is 0 Å². The first-order valence-corrected chi connectivity index (χ1v) is 12.0. The summed E-state index contributed by atoms with van der Waals surface area (Å²) < 4.78 is 45.3. The molecule has 1 heterocycles. The Balaban J connectivity index is 1.92. The van der Waals surface area contributed by atoms with E-state index in [1.165, 1.54) is 25.1 Å². The van der Waals surface area contributed by atoms with Gasteiger partial charge >= 0.3 is 6.18 Å². The van der Waals surface area contributed by atoms with Gasteiger partial charge in [-0.2, -0.15) is 13.2 Å². The number of benzene rings is 2. The highest BCUT2D eigenvalue weighted by molar-refractivity contribution is 5.99. The number of halogens is 3. The second-order valence-corrected chi connectivity index (χ2v) is 8.88. The lowest BCUT2D eigenvalue weighted by molar-refractivity contribution is -0.212. The monoisotopic (exact) mass is 533 g/mol.